The number of hydrogen-bond acceptors (Lipinski definition) is 7. The summed E-state index contributed by atoms with van der Waals surface area (Å²) in [6, 6.07) is 9.70. The molecule has 0 N–H and O–H groups in total. The van der Waals surface area contributed by atoms with Gasteiger partial charge in [0.25, 0.3) is 5.56 Å². The predicted octanol–water partition coefficient (Wildman–Crippen LogP) is 1.09. The summed E-state index contributed by atoms with van der Waals surface area (Å²) in [6.07, 6.45) is 1.50. The second-order valence-electron chi connectivity index (χ2n) is 4.95. The largest absolute Gasteiger partial charge is 0.290 e. The molecule has 114 valence electrons. The molecule has 0 saturated carbocycles. The first-order valence-corrected chi connectivity index (χ1v) is 7.63. The lowest BCUT2D eigenvalue weighted by Crippen LogP contribution is -2.21. The predicted molar refractivity (Wildman–Crippen MR) is 85.0 cm³/mol. The van der Waals surface area contributed by atoms with E-state index in [1.54, 1.807) is 7.05 Å². The van der Waals surface area contributed by atoms with Gasteiger partial charge in [-0.1, -0.05) is 30.3 Å². The Morgan fingerprint density at radius 3 is 2.78 bits per heavy atom. The molecule has 0 radical (unpaired) electrons. The highest BCUT2D eigenvalue weighted by molar-refractivity contribution is 7.13. The van der Waals surface area contributed by atoms with Gasteiger partial charge in [-0.15, -0.1) is 10.2 Å². The highest BCUT2D eigenvalue weighted by Gasteiger charge is 2.15. The molecule has 3 heterocycles. The lowest BCUT2D eigenvalue weighted by Gasteiger charge is -2.01. The van der Waals surface area contributed by atoms with Gasteiger partial charge in [-0.3, -0.25) is 9.36 Å². The summed E-state index contributed by atoms with van der Waals surface area (Å²) >= 11 is 1.16. The molecular weight excluding hydrogens is 314 g/mol. The molecule has 23 heavy (non-hydrogen) atoms. The van der Waals surface area contributed by atoms with Gasteiger partial charge in [0.05, 0.1) is 19.9 Å². The standard InChI is InChI=1S/C14H11N7OS/c1-20-17-10(16-19-20)7-21-8-15-12-11(9-5-3-2-4-6-9)18-23-13(12)14(21)22/h2-6,8H,7H2,1H3. The Morgan fingerprint density at radius 1 is 1.22 bits per heavy atom. The van der Waals surface area contributed by atoms with E-state index in [0.29, 0.717) is 16.0 Å². The summed E-state index contributed by atoms with van der Waals surface area (Å²) in [7, 11) is 1.68. The van der Waals surface area contributed by atoms with Crippen molar-refractivity contribution < 1.29 is 0 Å². The Hall–Kier alpha value is -2.94. The van der Waals surface area contributed by atoms with Crippen LogP contribution in [0.3, 0.4) is 0 Å². The van der Waals surface area contributed by atoms with Gasteiger partial charge in [0.1, 0.15) is 15.9 Å². The molecule has 0 atom stereocenters. The van der Waals surface area contributed by atoms with Crippen LogP contribution in [0.15, 0.2) is 41.5 Å². The maximum atomic E-state index is 12.6. The van der Waals surface area contributed by atoms with Crippen molar-refractivity contribution in [3.05, 3.63) is 52.8 Å². The molecule has 0 aliphatic carbocycles. The molecule has 1 aromatic carbocycles. The van der Waals surface area contributed by atoms with Crippen molar-refractivity contribution in [2.75, 3.05) is 0 Å². The molecule has 0 aliphatic heterocycles. The average Bonchev–Trinajstić information content (AvgIpc) is 3.17. The Balaban J connectivity index is 1.79. The number of fused-ring (bicyclic) bond motifs is 1. The topological polar surface area (TPSA) is 91.4 Å². The van der Waals surface area contributed by atoms with Gasteiger partial charge < -0.3 is 0 Å². The molecule has 3 aromatic heterocycles. The number of aryl methyl sites for hydroxylation is 1. The quantitative estimate of drug-likeness (QED) is 0.560. The number of rotatable bonds is 3. The molecule has 0 saturated heterocycles. The van der Waals surface area contributed by atoms with E-state index in [1.807, 2.05) is 30.3 Å². The lowest BCUT2D eigenvalue weighted by atomic mass is 10.1. The van der Waals surface area contributed by atoms with Crippen molar-refractivity contribution in [3.63, 3.8) is 0 Å². The molecule has 9 heteroatoms. The molecule has 0 bridgehead atoms. The average molecular weight is 325 g/mol. The van der Waals surface area contributed by atoms with Crippen molar-refractivity contribution in [2.24, 2.45) is 7.05 Å². The van der Waals surface area contributed by atoms with E-state index < -0.39 is 0 Å². The number of nitrogens with zero attached hydrogens (tertiary/aromatic N) is 7. The van der Waals surface area contributed by atoms with Gasteiger partial charge >= 0.3 is 0 Å². The normalized spacial score (nSPS) is 11.2. The third-order valence-corrected chi connectivity index (χ3v) is 4.18. The first-order chi connectivity index (χ1) is 11.2. The zero-order valence-corrected chi connectivity index (χ0v) is 12.9. The van der Waals surface area contributed by atoms with E-state index in [9.17, 15) is 4.79 Å². The van der Waals surface area contributed by atoms with Gasteiger partial charge in [-0.25, -0.2) is 4.98 Å². The van der Waals surface area contributed by atoms with Crippen LogP contribution in [0, 0.1) is 0 Å². The van der Waals surface area contributed by atoms with E-state index in [1.165, 1.54) is 15.7 Å². The maximum absolute atomic E-state index is 12.6. The fourth-order valence-electron chi connectivity index (χ4n) is 2.29. The van der Waals surface area contributed by atoms with Crippen LogP contribution < -0.4 is 5.56 Å². The Morgan fingerprint density at radius 2 is 2.04 bits per heavy atom. The molecule has 8 nitrogen and oxygen atoms in total. The zero-order chi connectivity index (χ0) is 15.8. The summed E-state index contributed by atoms with van der Waals surface area (Å²) in [5.74, 6) is 0.462. The van der Waals surface area contributed by atoms with Gasteiger partial charge in [-0.2, -0.15) is 9.17 Å². The summed E-state index contributed by atoms with van der Waals surface area (Å²) in [5, 5.41) is 11.7. The van der Waals surface area contributed by atoms with Crippen molar-refractivity contribution in [1.29, 1.82) is 0 Å². The van der Waals surface area contributed by atoms with Gasteiger partial charge in [-0.05, 0) is 16.7 Å². The van der Waals surface area contributed by atoms with E-state index >= 15 is 0 Å². The van der Waals surface area contributed by atoms with Crippen LogP contribution in [0.5, 0.6) is 0 Å². The van der Waals surface area contributed by atoms with E-state index in [2.05, 4.69) is 24.8 Å². The molecule has 4 rings (SSSR count). The Labute approximate surface area is 134 Å². The number of benzene rings is 1. The Bertz CT molecular complexity index is 1030. The summed E-state index contributed by atoms with van der Waals surface area (Å²) in [4.78, 5) is 18.4. The molecule has 0 spiro atoms. The summed E-state index contributed by atoms with van der Waals surface area (Å²) in [6.45, 7) is 0.230. The highest BCUT2D eigenvalue weighted by Crippen LogP contribution is 2.26. The zero-order valence-electron chi connectivity index (χ0n) is 12.1. The highest BCUT2D eigenvalue weighted by atomic mass is 32.1. The third-order valence-electron chi connectivity index (χ3n) is 3.36. The van der Waals surface area contributed by atoms with Crippen LogP contribution in [-0.4, -0.2) is 34.1 Å². The van der Waals surface area contributed by atoms with Crippen LogP contribution in [0.4, 0.5) is 0 Å². The summed E-state index contributed by atoms with van der Waals surface area (Å²) < 4.78 is 6.38. The SMILES string of the molecule is Cn1nnc(Cn2cnc3c(-c4ccccc4)nsc3c2=O)n1. The first-order valence-electron chi connectivity index (χ1n) is 6.85. The number of hydrogen-bond donors (Lipinski definition) is 0. The monoisotopic (exact) mass is 325 g/mol. The van der Waals surface area contributed by atoms with Gasteiger partial charge in [0.15, 0.2) is 5.82 Å². The number of tetrazole rings is 1. The number of aromatic nitrogens is 7. The molecule has 0 aliphatic rings. The van der Waals surface area contributed by atoms with Crippen LogP contribution in [-0.2, 0) is 13.6 Å². The van der Waals surface area contributed by atoms with Gasteiger partial charge in [0.2, 0.25) is 0 Å². The second kappa shape index (κ2) is 5.36. The fourth-order valence-corrected chi connectivity index (χ4v) is 3.10. The van der Waals surface area contributed by atoms with Crippen molar-refractivity contribution in [1.82, 2.24) is 34.1 Å². The molecular formula is C14H11N7OS. The molecule has 0 unspecified atom stereocenters. The second-order valence-corrected chi connectivity index (χ2v) is 5.72. The van der Waals surface area contributed by atoms with Crippen molar-refractivity contribution >= 4 is 21.7 Å². The molecule has 0 amide bonds. The summed E-state index contributed by atoms with van der Waals surface area (Å²) in [5.41, 5.74) is 2.14. The third kappa shape index (κ3) is 2.40. The Kier molecular flexibility index (Phi) is 3.19. The maximum Gasteiger partial charge on any atom is 0.273 e. The van der Waals surface area contributed by atoms with Crippen molar-refractivity contribution in [3.8, 4) is 11.3 Å². The van der Waals surface area contributed by atoms with Gasteiger partial charge in [0, 0.05) is 5.56 Å². The van der Waals surface area contributed by atoms with Crippen LogP contribution >= 0.6 is 11.5 Å². The van der Waals surface area contributed by atoms with E-state index in [0.717, 1.165) is 22.8 Å². The van der Waals surface area contributed by atoms with Crippen LogP contribution in [0.25, 0.3) is 21.5 Å². The lowest BCUT2D eigenvalue weighted by molar-refractivity contribution is 0.623. The smallest absolute Gasteiger partial charge is 0.273 e. The van der Waals surface area contributed by atoms with E-state index in [-0.39, 0.29) is 12.1 Å². The fraction of sp³-hybridized carbons (Fsp3) is 0.143. The minimum atomic E-state index is -0.151. The minimum Gasteiger partial charge on any atom is -0.290 e. The first kappa shape index (κ1) is 13.7. The van der Waals surface area contributed by atoms with E-state index in [4.69, 9.17) is 0 Å². The molecule has 0 fully saturated rings. The van der Waals surface area contributed by atoms with Crippen LogP contribution in [0.2, 0.25) is 0 Å². The minimum absolute atomic E-state index is 0.151. The molecule has 4 aromatic rings. The van der Waals surface area contributed by atoms with Crippen LogP contribution in [0.1, 0.15) is 5.82 Å². The van der Waals surface area contributed by atoms with Crippen molar-refractivity contribution in [2.45, 2.75) is 6.54 Å².